The lowest BCUT2D eigenvalue weighted by molar-refractivity contribution is 0.0949. The molecule has 0 fully saturated rings. The minimum atomic E-state index is -0.368. The molecule has 0 aromatic carbocycles. The summed E-state index contributed by atoms with van der Waals surface area (Å²) in [5.74, 6) is -0.368. The van der Waals surface area contributed by atoms with Gasteiger partial charge in [-0.25, -0.2) is 4.52 Å². The van der Waals surface area contributed by atoms with Crippen molar-refractivity contribution in [1.29, 1.82) is 0 Å². The number of aromatic nitrogens is 4. The Labute approximate surface area is 103 Å². The summed E-state index contributed by atoms with van der Waals surface area (Å²) in [5, 5.41) is 10.2. The highest BCUT2D eigenvalue weighted by molar-refractivity contribution is 5.98. The van der Waals surface area contributed by atoms with Gasteiger partial charge in [0.2, 0.25) is 0 Å². The third-order valence-corrected chi connectivity index (χ3v) is 2.57. The fourth-order valence-corrected chi connectivity index (χ4v) is 1.66. The summed E-state index contributed by atoms with van der Waals surface area (Å²) in [6.45, 7) is 4.34. The fraction of sp³-hybridized carbons (Fsp3) is 0.455. The Hall–Kier alpha value is -2.18. The van der Waals surface area contributed by atoms with E-state index in [-0.39, 0.29) is 22.7 Å². The Morgan fingerprint density at radius 2 is 2.33 bits per heavy atom. The van der Waals surface area contributed by atoms with E-state index in [1.54, 1.807) is 13.1 Å². The van der Waals surface area contributed by atoms with Crippen molar-refractivity contribution >= 4 is 11.4 Å². The minimum absolute atomic E-state index is 0.0624. The Kier molecular flexibility index (Phi) is 3.40. The predicted molar refractivity (Wildman–Crippen MR) is 65.6 cm³/mol. The number of carbonyl (C=O) groups excluding carboxylic acids is 1. The average molecular weight is 249 g/mol. The maximum Gasteiger partial charge on any atom is 0.276 e. The molecule has 18 heavy (non-hydrogen) atoms. The van der Waals surface area contributed by atoms with Gasteiger partial charge in [-0.05, 0) is 13.3 Å². The quantitative estimate of drug-likeness (QED) is 0.760. The largest absolute Gasteiger partial charge is 0.351 e. The van der Waals surface area contributed by atoms with Crippen LogP contribution in [-0.4, -0.2) is 32.3 Å². The summed E-state index contributed by atoms with van der Waals surface area (Å²) in [4.78, 5) is 26.3. The number of H-pyrrole nitrogens is 1. The molecule has 0 radical (unpaired) electrons. The monoisotopic (exact) mass is 249 g/mol. The number of aromatic amines is 1. The van der Waals surface area contributed by atoms with Crippen LogP contribution in [0.15, 0.2) is 11.0 Å². The van der Waals surface area contributed by atoms with Gasteiger partial charge in [-0.15, -0.1) is 5.10 Å². The molecule has 0 saturated heterocycles. The number of nitrogens with one attached hydrogen (secondary N) is 2. The highest BCUT2D eigenvalue weighted by atomic mass is 16.2. The second-order valence-electron chi connectivity index (χ2n) is 4.11. The third kappa shape index (κ3) is 2.24. The van der Waals surface area contributed by atoms with Gasteiger partial charge >= 0.3 is 0 Å². The van der Waals surface area contributed by atoms with E-state index in [9.17, 15) is 9.59 Å². The lowest BCUT2D eigenvalue weighted by Crippen LogP contribution is -2.26. The zero-order valence-electron chi connectivity index (χ0n) is 10.4. The molecule has 96 valence electrons. The fourth-order valence-electron chi connectivity index (χ4n) is 1.66. The summed E-state index contributed by atoms with van der Waals surface area (Å²) in [5.41, 5.74) is 0.540. The molecule has 7 heteroatoms. The van der Waals surface area contributed by atoms with Gasteiger partial charge in [-0.2, -0.15) is 0 Å². The predicted octanol–water partition coefficient (Wildman–Crippen LogP) is 0.256. The standard InChI is InChI=1S/C11H15N5O2/c1-3-4-5-12-10(17)8-9-11(18)13-7(2)6-16(9)15-14-8/h6H,3-5H2,1-2H3,(H,12,17)(H,13,18). The smallest absolute Gasteiger partial charge is 0.276 e. The van der Waals surface area contributed by atoms with E-state index in [1.165, 1.54) is 4.52 Å². The molecule has 0 bridgehead atoms. The van der Waals surface area contributed by atoms with Crippen LogP contribution in [0, 0.1) is 6.92 Å². The van der Waals surface area contributed by atoms with Crippen molar-refractivity contribution < 1.29 is 4.79 Å². The molecular weight excluding hydrogens is 234 g/mol. The normalized spacial score (nSPS) is 10.8. The second-order valence-corrected chi connectivity index (χ2v) is 4.11. The SMILES string of the molecule is CCCCNC(=O)c1nnn2cc(C)[nH]c(=O)c12. The van der Waals surface area contributed by atoms with Crippen LogP contribution in [0.4, 0.5) is 0 Å². The van der Waals surface area contributed by atoms with E-state index in [0.29, 0.717) is 12.2 Å². The van der Waals surface area contributed by atoms with Gasteiger partial charge in [-0.3, -0.25) is 9.59 Å². The summed E-state index contributed by atoms with van der Waals surface area (Å²) < 4.78 is 1.32. The van der Waals surface area contributed by atoms with Crippen LogP contribution in [-0.2, 0) is 0 Å². The first kappa shape index (κ1) is 12.3. The summed E-state index contributed by atoms with van der Waals surface area (Å²) in [6, 6.07) is 0. The van der Waals surface area contributed by atoms with Crippen LogP contribution in [0.25, 0.3) is 5.52 Å². The summed E-state index contributed by atoms with van der Waals surface area (Å²) in [7, 11) is 0. The van der Waals surface area contributed by atoms with Crippen LogP contribution in [0.5, 0.6) is 0 Å². The lowest BCUT2D eigenvalue weighted by Gasteiger charge is -2.01. The van der Waals surface area contributed by atoms with Gasteiger partial charge < -0.3 is 10.3 Å². The molecule has 0 aliphatic rings. The molecule has 0 spiro atoms. The van der Waals surface area contributed by atoms with Crippen molar-refractivity contribution in [2.45, 2.75) is 26.7 Å². The lowest BCUT2D eigenvalue weighted by atomic mass is 10.3. The number of hydrogen-bond donors (Lipinski definition) is 2. The van der Waals surface area contributed by atoms with E-state index >= 15 is 0 Å². The molecule has 7 nitrogen and oxygen atoms in total. The summed E-state index contributed by atoms with van der Waals surface area (Å²) >= 11 is 0. The molecule has 0 atom stereocenters. The molecule has 0 saturated carbocycles. The van der Waals surface area contributed by atoms with Gasteiger partial charge in [0.05, 0.1) is 6.20 Å². The molecule has 0 unspecified atom stereocenters. The van der Waals surface area contributed by atoms with Crippen LogP contribution in [0.1, 0.15) is 35.9 Å². The Morgan fingerprint density at radius 3 is 3.06 bits per heavy atom. The zero-order chi connectivity index (χ0) is 13.1. The Morgan fingerprint density at radius 1 is 1.56 bits per heavy atom. The highest BCUT2D eigenvalue weighted by Crippen LogP contribution is 2.02. The van der Waals surface area contributed by atoms with Crippen LogP contribution >= 0.6 is 0 Å². The van der Waals surface area contributed by atoms with Crippen molar-refractivity contribution in [1.82, 2.24) is 25.1 Å². The van der Waals surface area contributed by atoms with Gasteiger partial charge in [0.25, 0.3) is 11.5 Å². The summed E-state index contributed by atoms with van der Waals surface area (Å²) in [6.07, 6.45) is 3.50. The highest BCUT2D eigenvalue weighted by Gasteiger charge is 2.17. The first-order valence-corrected chi connectivity index (χ1v) is 5.86. The number of carbonyl (C=O) groups is 1. The maximum absolute atomic E-state index is 11.9. The van der Waals surface area contributed by atoms with Crippen molar-refractivity contribution in [3.8, 4) is 0 Å². The number of unbranched alkanes of at least 4 members (excludes halogenated alkanes) is 1. The van der Waals surface area contributed by atoms with E-state index in [0.717, 1.165) is 12.8 Å². The van der Waals surface area contributed by atoms with Crippen LogP contribution < -0.4 is 10.9 Å². The van der Waals surface area contributed by atoms with Crippen LogP contribution in [0.3, 0.4) is 0 Å². The topological polar surface area (TPSA) is 92.2 Å². The van der Waals surface area contributed by atoms with Crippen molar-refractivity contribution in [2.24, 2.45) is 0 Å². The number of fused-ring (bicyclic) bond motifs is 1. The Bertz CT molecular complexity index is 628. The number of nitrogens with zero attached hydrogens (tertiary/aromatic N) is 3. The maximum atomic E-state index is 11.9. The average Bonchev–Trinajstić information content (AvgIpc) is 2.73. The first-order chi connectivity index (χ1) is 8.63. The molecule has 2 rings (SSSR count). The molecule has 2 aromatic heterocycles. The molecule has 0 aliphatic heterocycles. The third-order valence-electron chi connectivity index (χ3n) is 2.57. The van der Waals surface area contributed by atoms with Gasteiger partial charge in [0.15, 0.2) is 11.2 Å². The van der Waals surface area contributed by atoms with Crippen molar-refractivity contribution in [3.63, 3.8) is 0 Å². The first-order valence-electron chi connectivity index (χ1n) is 5.86. The van der Waals surface area contributed by atoms with E-state index in [4.69, 9.17) is 0 Å². The van der Waals surface area contributed by atoms with Gasteiger partial charge in [0, 0.05) is 12.2 Å². The molecule has 2 aromatic rings. The van der Waals surface area contributed by atoms with Crippen LogP contribution in [0.2, 0.25) is 0 Å². The van der Waals surface area contributed by atoms with Crippen molar-refractivity contribution in [3.05, 3.63) is 27.9 Å². The second kappa shape index (κ2) is 4.99. The van der Waals surface area contributed by atoms with Gasteiger partial charge in [0.1, 0.15) is 0 Å². The zero-order valence-corrected chi connectivity index (χ0v) is 10.4. The number of rotatable bonds is 4. The number of aryl methyl sites for hydroxylation is 1. The van der Waals surface area contributed by atoms with E-state index in [1.807, 2.05) is 6.92 Å². The molecule has 1 amide bonds. The molecule has 2 N–H and O–H groups in total. The molecule has 2 heterocycles. The van der Waals surface area contributed by atoms with E-state index < -0.39 is 0 Å². The number of hydrogen-bond acceptors (Lipinski definition) is 4. The van der Waals surface area contributed by atoms with Crippen molar-refractivity contribution in [2.75, 3.05) is 6.54 Å². The molecular formula is C11H15N5O2. The Balaban J connectivity index is 2.34. The number of amides is 1. The van der Waals surface area contributed by atoms with Gasteiger partial charge in [-0.1, -0.05) is 18.6 Å². The van der Waals surface area contributed by atoms with E-state index in [2.05, 4.69) is 20.6 Å². The molecule has 0 aliphatic carbocycles. The minimum Gasteiger partial charge on any atom is -0.351 e.